The van der Waals surface area contributed by atoms with Gasteiger partial charge in [0.2, 0.25) is 0 Å². The predicted octanol–water partition coefficient (Wildman–Crippen LogP) is 2.10. The zero-order valence-corrected chi connectivity index (χ0v) is 14.8. The van der Waals surface area contributed by atoms with Gasteiger partial charge in [-0.05, 0) is 18.2 Å². The van der Waals surface area contributed by atoms with Gasteiger partial charge in [-0.1, -0.05) is 0 Å². The molecule has 1 aromatic carbocycles. The van der Waals surface area contributed by atoms with Crippen LogP contribution in [0.15, 0.2) is 30.6 Å². The van der Waals surface area contributed by atoms with Crippen LogP contribution in [0.2, 0.25) is 0 Å². The summed E-state index contributed by atoms with van der Waals surface area (Å²) in [5, 5.41) is 8.55. The van der Waals surface area contributed by atoms with E-state index in [2.05, 4.69) is 29.6 Å². The highest BCUT2D eigenvalue weighted by molar-refractivity contribution is 5.94. The molecule has 3 heterocycles. The van der Waals surface area contributed by atoms with Gasteiger partial charge in [-0.15, -0.1) is 0 Å². The molecule has 1 aliphatic heterocycles. The lowest BCUT2D eigenvalue weighted by molar-refractivity contribution is -0.527. The first-order valence-electron chi connectivity index (χ1n) is 9.01. The molecule has 7 nitrogen and oxygen atoms in total. The summed E-state index contributed by atoms with van der Waals surface area (Å²) in [5.74, 6) is 1.78. The smallest absolute Gasteiger partial charge is 0.160 e. The fourth-order valence-corrected chi connectivity index (χ4v) is 3.59. The van der Waals surface area contributed by atoms with Crippen molar-refractivity contribution in [3.8, 4) is 17.1 Å². The number of ether oxygens (including phenoxy) is 1. The molecule has 1 N–H and O–H groups in total. The fraction of sp³-hybridized carbons (Fsp3) is 0.368. The molecule has 0 unspecified atom stereocenters. The van der Waals surface area contributed by atoms with E-state index in [9.17, 15) is 0 Å². The minimum absolute atomic E-state index is 0.808. The minimum atomic E-state index is 0.808. The van der Waals surface area contributed by atoms with Gasteiger partial charge < -0.3 is 9.64 Å². The number of piperazine rings is 1. The van der Waals surface area contributed by atoms with Gasteiger partial charge in [0.25, 0.3) is 0 Å². The van der Waals surface area contributed by atoms with Crippen molar-refractivity contribution >= 4 is 22.4 Å². The van der Waals surface area contributed by atoms with Crippen LogP contribution in [-0.2, 0) is 0 Å². The minimum Gasteiger partial charge on any atom is -0.497 e. The molecule has 1 saturated heterocycles. The van der Waals surface area contributed by atoms with Crippen LogP contribution in [-0.4, -0.2) is 63.7 Å². The van der Waals surface area contributed by atoms with Crippen LogP contribution in [0.25, 0.3) is 22.3 Å². The third kappa shape index (κ3) is 2.69. The average molecular weight is 349 g/mol. The Morgan fingerprint density at radius 3 is 2.73 bits per heavy atom. The number of aromatic nitrogens is 4. The van der Waals surface area contributed by atoms with Crippen molar-refractivity contribution in [2.75, 3.05) is 38.2 Å². The van der Waals surface area contributed by atoms with Crippen LogP contribution in [0.5, 0.6) is 5.75 Å². The van der Waals surface area contributed by atoms with E-state index in [0.717, 1.165) is 60.0 Å². The number of methoxy groups -OCH3 is 1. The Labute approximate surface area is 151 Å². The largest absolute Gasteiger partial charge is 0.497 e. The van der Waals surface area contributed by atoms with Crippen molar-refractivity contribution in [2.45, 2.75) is 12.8 Å². The van der Waals surface area contributed by atoms with Crippen molar-refractivity contribution in [3.63, 3.8) is 0 Å². The monoisotopic (exact) mass is 349 g/mol. The van der Waals surface area contributed by atoms with E-state index in [1.165, 1.54) is 12.8 Å². The lowest BCUT2D eigenvalue weighted by Crippen LogP contribution is -2.43. The van der Waals surface area contributed by atoms with Crippen LogP contribution in [0.4, 0.5) is 5.82 Å². The second kappa shape index (κ2) is 6.09. The van der Waals surface area contributed by atoms with Crippen LogP contribution in [0, 0.1) is 0 Å². The summed E-state index contributed by atoms with van der Waals surface area (Å²) in [6.07, 6.45) is 4.20. The standard InChI is InChI=1S/C19H21N6O/c1-26-14-4-5-16-15(10-14)19(23-22-16)17-11-18(21-12-20-17)25-8-6-24(7-9-25)13-2-3-13/h4-5,10-12H,2-3,6-9H2,1H3,(H,22,23)/q+1. The molecule has 26 heavy (non-hydrogen) atoms. The third-order valence-electron chi connectivity index (χ3n) is 5.19. The first-order chi connectivity index (χ1) is 12.8. The Kier molecular flexibility index (Phi) is 3.58. The highest BCUT2D eigenvalue weighted by atomic mass is 16.5. The van der Waals surface area contributed by atoms with Gasteiger partial charge in [0.05, 0.1) is 31.4 Å². The fourth-order valence-electron chi connectivity index (χ4n) is 3.59. The molecule has 2 aliphatic rings. The van der Waals surface area contributed by atoms with Crippen LogP contribution < -0.4 is 9.64 Å². The molecule has 0 radical (unpaired) electrons. The van der Waals surface area contributed by atoms with Crippen molar-refractivity contribution in [1.29, 1.82) is 0 Å². The lowest BCUT2D eigenvalue weighted by Gasteiger charge is -2.26. The maximum absolute atomic E-state index is 5.35. The first-order valence-corrected chi connectivity index (χ1v) is 9.01. The van der Waals surface area contributed by atoms with Crippen molar-refractivity contribution in [1.82, 2.24) is 20.2 Å². The first kappa shape index (κ1) is 15.3. The molecule has 132 valence electrons. The molecule has 0 spiro atoms. The number of hydrogen-bond donors (Lipinski definition) is 1. The quantitative estimate of drug-likeness (QED) is 0.733. The van der Waals surface area contributed by atoms with Crippen LogP contribution in [0.1, 0.15) is 12.8 Å². The lowest BCUT2D eigenvalue weighted by atomic mass is 10.1. The van der Waals surface area contributed by atoms with Gasteiger partial charge in [-0.3, -0.25) is 5.10 Å². The number of fused-ring (bicyclic) bond motifs is 1. The topological polar surface area (TPSA) is 69.9 Å². The molecule has 3 aromatic rings. The van der Waals surface area contributed by atoms with E-state index in [1.54, 1.807) is 19.1 Å². The summed E-state index contributed by atoms with van der Waals surface area (Å²) < 4.78 is 7.87. The SMILES string of the molecule is COc1ccc2[nH]nc(-c3cc(N4CC[N+](=C5CC5)CC4)ncn3)c2c1. The van der Waals surface area contributed by atoms with Crippen molar-refractivity contribution in [3.05, 3.63) is 30.6 Å². The van der Waals surface area contributed by atoms with E-state index < -0.39 is 0 Å². The summed E-state index contributed by atoms with van der Waals surface area (Å²) in [7, 11) is 1.67. The number of rotatable bonds is 3. The number of nitrogens with zero attached hydrogens (tertiary/aromatic N) is 5. The van der Waals surface area contributed by atoms with Gasteiger partial charge >= 0.3 is 0 Å². The summed E-state index contributed by atoms with van der Waals surface area (Å²) >= 11 is 0. The molecule has 2 fully saturated rings. The molecule has 1 saturated carbocycles. The summed E-state index contributed by atoms with van der Waals surface area (Å²) in [4.78, 5) is 11.3. The maximum Gasteiger partial charge on any atom is 0.160 e. The molecule has 0 atom stereocenters. The van der Waals surface area contributed by atoms with E-state index in [1.807, 2.05) is 24.3 Å². The number of anilines is 1. The zero-order valence-electron chi connectivity index (χ0n) is 14.8. The summed E-state index contributed by atoms with van der Waals surface area (Å²) in [5.41, 5.74) is 4.24. The average Bonchev–Trinajstić information content (AvgIpc) is 3.47. The van der Waals surface area contributed by atoms with E-state index in [0.29, 0.717) is 0 Å². The Balaban J connectivity index is 1.46. The van der Waals surface area contributed by atoms with Gasteiger partial charge in [0.1, 0.15) is 23.6 Å². The van der Waals surface area contributed by atoms with Crippen molar-refractivity contribution < 1.29 is 9.31 Å². The second-order valence-corrected chi connectivity index (χ2v) is 6.79. The second-order valence-electron chi connectivity index (χ2n) is 6.79. The highest BCUT2D eigenvalue weighted by Gasteiger charge is 2.30. The normalized spacial score (nSPS) is 17.0. The maximum atomic E-state index is 5.35. The molecule has 1 aliphatic carbocycles. The molecule has 0 amide bonds. The number of benzene rings is 1. The Hall–Kier alpha value is -2.96. The Bertz CT molecular complexity index is 992. The Morgan fingerprint density at radius 1 is 1.12 bits per heavy atom. The third-order valence-corrected chi connectivity index (χ3v) is 5.19. The van der Waals surface area contributed by atoms with Crippen molar-refractivity contribution in [2.24, 2.45) is 0 Å². The molecule has 0 bridgehead atoms. The van der Waals surface area contributed by atoms with Gasteiger partial charge in [-0.25, -0.2) is 14.5 Å². The number of aromatic amines is 1. The number of H-pyrrole nitrogens is 1. The number of hydrogen-bond acceptors (Lipinski definition) is 5. The van der Waals surface area contributed by atoms with Gasteiger partial charge in [-0.2, -0.15) is 5.10 Å². The Morgan fingerprint density at radius 2 is 1.96 bits per heavy atom. The molecular weight excluding hydrogens is 328 g/mol. The molecule has 2 aromatic heterocycles. The molecular formula is C19H21N6O+. The van der Waals surface area contributed by atoms with Crippen LogP contribution >= 0.6 is 0 Å². The molecule has 5 rings (SSSR count). The van der Waals surface area contributed by atoms with E-state index in [4.69, 9.17) is 4.74 Å². The summed E-state index contributed by atoms with van der Waals surface area (Å²) in [6, 6.07) is 7.92. The summed E-state index contributed by atoms with van der Waals surface area (Å²) in [6.45, 7) is 4.15. The number of nitrogens with one attached hydrogen (secondary N) is 1. The molecule has 7 heteroatoms. The van der Waals surface area contributed by atoms with Crippen LogP contribution in [0.3, 0.4) is 0 Å². The van der Waals surface area contributed by atoms with E-state index >= 15 is 0 Å². The zero-order chi connectivity index (χ0) is 17.5. The van der Waals surface area contributed by atoms with E-state index in [-0.39, 0.29) is 0 Å². The van der Waals surface area contributed by atoms with Gasteiger partial charge in [0, 0.05) is 24.3 Å². The van der Waals surface area contributed by atoms with Gasteiger partial charge in [0.15, 0.2) is 18.8 Å². The predicted molar refractivity (Wildman–Crippen MR) is 100 cm³/mol. The highest BCUT2D eigenvalue weighted by Crippen LogP contribution is 2.29.